The van der Waals surface area contributed by atoms with Crippen molar-refractivity contribution >= 4 is 17.2 Å². The number of nitrogens with one attached hydrogen (secondary N) is 1. The first-order chi connectivity index (χ1) is 5.27. The summed E-state index contributed by atoms with van der Waals surface area (Å²) in [4.78, 5) is 14.6. The van der Waals surface area contributed by atoms with E-state index in [9.17, 15) is 4.79 Å². The molecule has 0 amide bonds. The molecule has 6 heteroatoms. The van der Waals surface area contributed by atoms with Crippen molar-refractivity contribution in [2.45, 2.75) is 0 Å². The zero-order valence-corrected chi connectivity index (χ0v) is 6.04. The first-order valence-corrected chi connectivity index (χ1v) is 3.23. The lowest BCUT2D eigenvalue weighted by Crippen LogP contribution is -2.08. The second kappa shape index (κ2) is 2.06. The molecule has 0 saturated carbocycles. The van der Waals surface area contributed by atoms with Gasteiger partial charge in [0.05, 0.1) is 12.4 Å². The summed E-state index contributed by atoms with van der Waals surface area (Å²) in [5, 5.41) is 6.19. The number of hydrogen-bond donors (Lipinski definition) is 1. The van der Waals surface area contributed by atoms with Crippen LogP contribution in [0.3, 0.4) is 0 Å². The first-order valence-electron chi connectivity index (χ1n) is 2.85. The summed E-state index contributed by atoms with van der Waals surface area (Å²) >= 11 is 5.54. The van der Waals surface area contributed by atoms with Gasteiger partial charge in [-0.3, -0.25) is 0 Å². The van der Waals surface area contributed by atoms with Crippen LogP contribution in [0.2, 0.25) is 5.15 Å². The standard InChI is InChI=1S/C5H3ClN4O/c6-3-2-10-4(1-7-3)8-9-5(10)11/h1-2H,(H,9,11). The normalized spacial score (nSPS) is 10.6. The van der Waals surface area contributed by atoms with E-state index in [4.69, 9.17) is 11.6 Å². The molecule has 0 atom stereocenters. The smallest absolute Gasteiger partial charge is 0.246 e. The van der Waals surface area contributed by atoms with E-state index < -0.39 is 0 Å². The minimum Gasteiger partial charge on any atom is -0.246 e. The molecule has 11 heavy (non-hydrogen) atoms. The van der Waals surface area contributed by atoms with Crippen LogP contribution in [-0.2, 0) is 0 Å². The molecule has 0 spiro atoms. The number of rotatable bonds is 0. The van der Waals surface area contributed by atoms with Crippen LogP contribution in [0.1, 0.15) is 0 Å². The van der Waals surface area contributed by atoms with Crippen molar-refractivity contribution < 1.29 is 0 Å². The van der Waals surface area contributed by atoms with Crippen molar-refractivity contribution in [1.29, 1.82) is 0 Å². The summed E-state index contributed by atoms with van der Waals surface area (Å²) in [7, 11) is 0. The van der Waals surface area contributed by atoms with E-state index in [1.807, 2.05) is 0 Å². The molecule has 0 radical (unpaired) electrons. The molecule has 0 bridgehead atoms. The Morgan fingerprint density at radius 2 is 2.45 bits per heavy atom. The van der Waals surface area contributed by atoms with Crippen LogP contribution < -0.4 is 5.69 Å². The lowest BCUT2D eigenvalue weighted by Gasteiger charge is -1.88. The molecule has 2 heterocycles. The van der Waals surface area contributed by atoms with E-state index in [-0.39, 0.29) is 10.8 Å². The zero-order valence-electron chi connectivity index (χ0n) is 5.28. The fourth-order valence-corrected chi connectivity index (χ4v) is 0.938. The van der Waals surface area contributed by atoms with Gasteiger partial charge >= 0.3 is 5.69 Å². The summed E-state index contributed by atoms with van der Waals surface area (Å²) in [6, 6.07) is 0. The van der Waals surface area contributed by atoms with Gasteiger partial charge in [-0.25, -0.2) is 19.3 Å². The van der Waals surface area contributed by atoms with Gasteiger partial charge in [-0.05, 0) is 0 Å². The molecule has 5 nitrogen and oxygen atoms in total. The van der Waals surface area contributed by atoms with Crippen LogP contribution >= 0.6 is 11.6 Å². The van der Waals surface area contributed by atoms with Crippen molar-refractivity contribution in [3.05, 3.63) is 28.0 Å². The van der Waals surface area contributed by atoms with Crippen molar-refractivity contribution in [3.63, 3.8) is 0 Å². The largest absolute Gasteiger partial charge is 0.347 e. The highest BCUT2D eigenvalue weighted by molar-refractivity contribution is 6.29. The Balaban J connectivity index is 2.99. The third-order valence-corrected chi connectivity index (χ3v) is 1.47. The summed E-state index contributed by atoms with van der Waals surface area (Å²) in [5.74, 6) is 0. The first kappa shape index (κ1) is 6.36. The summed E-state index contributed by atoms with van der Waals surface area (Å²) in [6.45, 7) is 0. The fourth-order valence-electron chi connectivity index (χ4n) is 0.792. The van der Waals surface area contributed by atoms with E-state index in [1.165, 1.54) is 16.8 Å². The van der Waals surface area contributed by atoms with Crippen molar-refractivity contribution in [1.82, 2.24) is 19.6 Å². The van der Waals surface area contributed by atoms with Crippen LogP contribution in [0.15, 0.2) is 17.2 Å². The number of aromatic nitrogens is 4. The van der Waals surface area contributed by atoms with Gasteiger partial charge in [0, 0.05) is 0 Å². The Bertz CT molecular complexity index is 445. The van der Waals surface area contributed by atoms with E-state index in [1.54, 1.807) is 0 Å². The highest BCUT2D eigenvalue weighted by Gasteiger charge is 1.98. The lowest BCUT2D eigenvalue weighted by atomic mass is 10.7. The minimum atomic E-state index is -0.315. The average molecular weight is 171 g/mol. The lowest BCUT2D eigenvalue weighted by molar-refractivity contribution is 1.02. The molecule has 0 unspecified atom stereocenters. The maximum absolute atomic E-state index is 10.9. The summed E-state index contributed by atoms with van der Waals surface area (Å²) < 4.78 is 1.29. The monoisotopic (exact) mass is 170 g/mol. The fraction of sp³-hybridized carbons (Fsp3) is 0. The van der Waals surface area contributed by atoms with Gasteiger partial charge in [-0.2, -0.15) is 5.10 Å². The summed E-state index contributed by atoms with van der Waals surface area (Å²) in [5.41, 5.74) is 0.142. The van der Waals surface area contributed by atoms with Crippen LogP contribution in [0.5, 0.6) is 0 Å². The highest BCUT2D eigenvalue weighted by Crippen LogP contribution is 2.01. The predicted octanol–water partition coefficient (Wildman–Crippen LogP) is 0.0710. The van der Waals surface area contributed by atoms with Crippen molar-refractivity contribution in [2.75, 3.05) is 0 Å². The van der Waals surface area contributed by atoms with Gasteiger partial charge in [-0.15, -0.1) is 0 Å². The number of halogens is 1. The second-order valence-electron chi connectivity index (χ2n) is 1.97. The van der Waals surface area contributed by atoms with Crippen LogP contribution in [0.25, 0.3) is 5.65 Å². The maximum atomic E-state index is 10.9. The molecule has 56 valence electrons. The third-order valence-electron chi connectivity index (χ3n) is 1.27. The van der Waals surface area contributed by atoms with Gasteiger partial charge < -0.3 is 0 Å². The average Bonchev–Trinajstić information content (AvgIpc) is 2.33. The van der Waals surface area contributed by atoms with Crippen LogP contribution in [-0.4, -0.2) is 19.6 Å². The Morgan fingerprint density at radius 3 is 3.27 bits per heavy atom. The molecule has 0 aromatic carbocycles. The number of nitrogens with zero attached hydrogens (tertiary/aromatic N) is 3. The molecular weight excluding hydrogens is 168 g/mol. The minimum absolute atomic E-state index is 0.265. The van der Waals surface area contributed by atoms with Crippen LogP contribution in [0, 0.1) is 0 Å². The quantitative estimate of drug-likeness (QED) is 0.609. The molecule has 2 aromatic rings. The highest BCUT2D eigenvalue weighted by atomic mass is 35.5. The van der Waals surface area contributed by atoms with E-state index in [0.717, 1.165) is 0 Å². The van der Waals surface area contributed by atoms with Gasteiger partial charge in [0.15, 0.2) is 5.65 Å². The molecule has 2 aromatic heterocycles. The van der Waals surface area contributed by atoms with Crippen LogP contribution in [0.4, 0.5) is 0 Å². The van der Waals surface area contributed by atoms with E-state index in [2.05, 4.69) is 15.2 Å². The number of aromatic amines is 1. The Kier molecular flexibility index (Phi) is 1.19. The topological polar surface area (TPSA) is 63.0 Å². The molecule has 0 fully saturated rings. The molecule has 0 aliphatic heterocycles. The van der Waals surface area contributed by atoms with Crippen molar-refractivity contribution in [3.8, 4) is 0 Å². The second-order valence-corrected chi connectivity index (χ2v) is 2.35. The molecule has 2 rings (SSSR count). The van der Waals surface area contributed by atoms with Gasteiger partial charge in [0.25, 0.3) is 0 Å². The van der Waals surface area contributed by atoms with E-state index >= 15 is 0 Å². The molecular formula is C5H3ClN4O. The Hall–Kier alpha value is -1.36. The predicted molar refractivity (Wildman–Crippen MR) is 38.6 cm³/mol. The number of fused-ring (bicyclic) bond motifs is 1. The number of H-pyrrole nitrogens is 1. The Morgan fingerprint density at radius 1 is 1.64 bits per heavy atom. The maximum Gasteiger partial charge on any atom is 0.347 e. The van der Waals surface area contributed by atoms with Gasteiger partial charge in [-0.1, -0.05) is 11.6 Å². The zero-order chi connectivity index (χ0) is 7.84. The molecule has 0 aliphatic rings. The number of hydrogen-bond acceptors (Lipinski definition) is 3. The molecule has 1 N–H and O–H groups in total. The molecule has 0 saturated heterocycles. The summed E-state index contributed by atoms with van der Waals surface area (Å²) in [6.07, 6.45) is 2.82. The van der Waals surface area contributed by atoms with Gasteiger partial charge in [0.2, 0.25) is 0 Å². The van der Waals surface area contributed by atoms with Crippen molar-refractivity contribution in [2.24, 2.45) is 0 Å². The van der Waals surface area contributed by atoms with Gasteiger partial charge in [0.1, 0.15) is 5.15 Å². The third kappa shape index (κ3) is 0.894. The molecule has 0 aliphatic carbocycles. The Labute approximate surface area is 65.6 Å². The SMILES string of the molecule is O=c1[nH]nc2cnc(Cl)cn12. The van der Waals surface area contributed by atoms with E-state index in [0.29, 0.717) is 5.65 Å².